The summed E-state index contributed by atoms with van der Waals surface area (Å²) in [4.78, 5) is 0. The summed E-state index contributed by atoms with van der Waals surface area (Å²) in [5.74, 6) is 1.02. The van der Waals surface area contributed by atoms with Crippen LogP contribution in [0.15, 0.2) is 9.81 Å². The van der Waals surface area contributed by atoms with E-state index in [1.807, 2.05) is 20.8 Å². The lowest BCUT2D eigenvalue weighted by Crippen LogP contribution is -2.04. The van der Waals surface area contributed by atoms with Gasteiger partial charge < -0.3 is 0 Å². The van der Waals surface area contributed by atoms with Gasteiger partial charge in [-0.15, -0.1) is 11.8 Å². The van der Waals surface area contributed by atoms with Crippen molar-refractivity contribution >= 4 is 22.6 Å². The van der Waals surface area contributed by atoms with Crippen molar-refractivity contribution in [1.82, 2.24) is 0 Å². The Kier molecular flexibility index (Phi) is 2.58. The van der Waals surface area contributed by atoms with E-state index in [-0.39, 0.29) is 0 Å². The first kappa shape index (κ1) is 8.34. The van der Waals surface area contributed by atoms with Crippen molar-refractivity contribution in [3.8, 4) is 0 Å². The smallest absolute Gasteiger partial charge is 0.0705 e. The molecule has 0 aromatic heterocycles. The molecule has 3 heteroatoms. The van der Waals surface area contributed by atoms with E-state index in [2.05, 4.69) is 0 Å². The number of hydrogen-bond acceptors (Lipinski definition) is 2. The molecule has 1 rings (SSSR count). The Morgan fingerprint density at radius 1 is 1.70 bits per heavy atom. The SMILES string of the molecule is CC(C)=C1SC[C@H](C)S1=O. The van der Waals surface area contributed by atoms with Crippen LogP contribution < -0.4 is 0 Å². The molecule has 0 amide bonds. The molecule has 0 spiro atoms. The lowest BCUT2D eigenvalue weighted by molar-refractivity contribution is 0.683. The Bertz CT molecular complexity index is 192. The van der Waals surface area contributed by atoms with Gasteiger partial charge in [-0.05, 0) is 20.8 Å². The molecule has 0 aliphatic carbocycles. The van der Waals surface area contributed by atoms with Gasteiger partial charge in [0.2, 0.25) is 0 Å². The van der Waals surface area contributed by atoms with Crippen LogP contribution >= 0.6 is 11.8 Å². The van der Waals surface area contributed by atoms with Gasteiger partial charge in [0.05, 0.1) is 15.0 Å². The zero-order valence-electron chi connectivity index (χ0n) is 6.51. The molecule has 1 aliphatic rings. The van der Waals surface area contributed by atoms with Crippen LogP contribution in [0, 0.1) is 0 Å². The zero-order chi connectivity index (χ0) is 7.72. The molecule has 0 aromatic rings. The van der Waals surface area contributed by atoms with Gasteiger partial charge in [-0.3, -0.25) is 4.21 Å². The minimum absolute atomic E-state index is 0.356. The monoisotopic (exact) mass is 176 g/mol. The van der Waals surface area contributed by atoms with Crippen LogP contribution in [0.1, 0.15) is 20.8 Å². The predicted octanol–water partition coefficient (Wildman–Crippen LogP) is 2.12. The van der Waals surface area contributed by atoms with Gasteiger partial charge in [0, 0.05) is 11.0 Å². The van der Waals surface area contributed by atoms with Crippen LogP contribution in [0.4, 0.5) is 0 Å². The van der Waals surface area contributed by atoms with E-state index in [0.717, 1.165) is 9.99 Å². The normalized spacial score (nSPS) is 32.9. The van der Waals surface area contributed by atoms with Gasteiger partial charge in [0.25, 0.3) is 0 Å². The summed E-state index contributed by atoms with van der Waals surface area (Å²) >= 11 is 1.75. The Morgan fingerprint density at radius 3 is 2.50 bits per heavy atom. The predicted molar refractivity (Wildman–Crippen MR) is 48.4 cm³/mol. The van der Waals surface area contributed by atoms with Crippen molar-refractivity contribution in [2.75, 3.05) is 5.75 Å². The Morgan fingerprint density at radius 2 is 2.30 bits per heavy atom. The van der Waals surface area contributed by atoms with E-state index in [1.54, 1.807) is 11.8 Å². The Hall–Kier alpha value is 0.240. The fraction of sp³-hybridized carbons (Fsp3) is 0.714. The molecule has 1 fully saturated rings. The van der Waals surface area contributed by atoms with Crippen molar-refractivity contribution in [2.45, 2.75) is 26.0 Å². The van der Waals surface area contributed by atoms with E-state index in [4.69, 9.17) is 0 Å². The fourth-order valence-corrected chi connectivity index (χ4v) is 4.14. The first-order valence-corrected chi connectivity index (χ1v) is 5.53. The van der Waals surface area contributed by atoms with Crippen LogP contribution in [0.2, 0.25) is 0 Å². The molecule has 2 atom stereocenters. The third-order valence-corrected chi connectivity index (χ3v) is 5.47. The maximum absolute atomic E-state index is 11.4. The third-order valence-electron chi connectivity index (χ3n) is 1.41. The highest BCUT2D eigenvalue weighted by atomic mass is 32.2. The van der Waals surface area contributed by atoms with Gasteiger partial charge in [-0.2, -0.15) is 0 Å². The average molecular weight is 176 g/mol. The largest absolute Gasteiger partial charge is 0.254 e. The molecular weight excluding hydrogens is 164 g/mol. The van der Waals surface area contributed by atoms with Gasteiger partial charge in [0.1, 0.15) is 0 Å². The van der Waals surface area contributed by atoms with Crippen LogP contribution in [-0.2, 0) is 10.8 Å². The highest BCUT2D eigenvalue weighted by Gasteiger charge is 2.25. The second-order valence-electron chi connectivity index (χ2n) is 2.71. The molecule has 1 saturated heterocycles. The Labute approximate surface area is 68.7 Å². The van der Waals surface area contributed by atoms with E-state index in [1.165, 1.54) is 5.57 Å². The van der Waals surface area contributed by atoms with Crippen molar-refractivity contribution < 1.29 is 4.21 Å². The molecule has 1 unspecified atom stereocenters. The summed E-state index contributed by atoms with van der Waals surface area (Å²) in [5.41, 5.74) is 1.22. The van der Waals surface area contributed by atoms with E-state index in [0.29, 0.717) is 5.25 Å². The molecule has 1 heterocycles. The molecule has 0 bridgehead atoms. The molecule has 0 N–H and O–H groups in total. The van der Waals surface area contributed by atoms with Crippen molar-refractivity contribution in [3.05, 3.63) is 9.81 Å². The minimum Gasteiger partial charge on any atom is -0.254 e. The van der Waals surface area contributed by atoms with Gasteiger partial charge in [-0.25, -0.2) is 0 Å². The molecule has 0 aromatic carbocycles. The molecule has 10 heavy (non-hydrogen) atoms. The maximum Gasteiger partial charge on any atom is 0.0705 e. The van der Waals surface area contributed by atoms with Crippen LogP contribution in [0.5, 0.6) is 0 Å². The quantitative estimate of drug-likeness (QED) is 0.562. The number of rotatable bonds is 0. The lowest BCUT2D eigenvalue weighted by Gasteiger charge is -1.97. The fourth-order valence-electron chi connectivity index (χ4n) is 0.841. The van der Waals surface area contributed by atoms with E-state index < -0.39 is 10.8 Å². The summed E-state index contributed by atoms with van der Waals surface area (Å²) < 4.78 is 12.5. The second kappa shape index (κ2) is 3.09. The topological polar surface area (TPSA) is 17.1 Å². The molecule has 0 radical (unpaired) electrons. The average Bonchev–Trinajstić information content (AvgIpc) is 2.14. The second-order valence-corrected chi connectivity index (χ2v) is 5.80. The first-order chi connectivity index (χ1) is 4.63. The maximum atomic E-state index is 11.4. The van der Waals surface area contributed by atoms with Crippen LogP contribution in [0.3, 0.4) is 0 Å². The molecule has 58 valence electrons. The van der Waals surface area contributed by atoms with Crippen molar-refractivity contribution in [3.63, 3.8) is 0 Å². The summed E-state index contributed by atoms with van der Waals surface area (Å²) in [6.07, 6.45) is 0. The summed E-state index contributed by atoms with van der Waals surface area (Å²) in [6.45, 7) is 6.09. The van der Waals surface area contributed by atoms with Crippen molar-refractivity contribution in [2.24, 2.45) is 0 Å². The van der Waals surface area contributed by atoms with Crippen LogP contribution in [0.25, 0.3) is 0 Å². The zero-order valence-corrected chi connectivity index (χ0v) is 8.14. The van der Waals surface area contributed by atoms with Crippen molar-refractivity contribution in [1.29, 1.82) is 0 Å². The summed E-state index contributed by atoms with van der Waals surface area (Å²) in [6, 6.07) is 0. The van der Waals surface area contributed by atoms with Crippen LogP contribution in [-0.4, -0.2) is 15.2 Å². The molecule has 0 saturated carbocycles. The molecular formula is C7H12OS2. The van der Waals surface area contributed by atoms with E-state index >= 15 is 0 Å². The lowest BCUT2D eigenvalue weighted by atomic mass is 10.4. The molecule has 1 nitrogen and oxygen atoms in total. The summed E-state index contributed by atoms with van der Waals surface area (Å²) in [5, 5.41) is 0.356. The first-order valence-electron chi connectivity index (χ1n) is 3.33. The highest BCUT2D eigenvalue weighted by molar-refractivity contribution is 8.19. The van der Waals surface area contributed by atoms with Gasteiger partial charge in [0.15, 0.2) is 0 Å². The third kappa shape index (κ3) is 1.45. The highest BCUT2D eigenvalue weighted by Crippen LogP contribution is 2.34. The molecule has 1 aliphatic heterocycles. The van der Waals surface area contributed by atoms with E-state index in [9.17, 15) is 4.21 Å². The number of hydrogen-bond donors (Lipinski definition) is 0. The summed E-state index contributed by atoms with van der Waals surface area (Å²) in [7, 11) is -0.693. The van der Waals surface area contributed by atoms with Gasteiger partial charge in [-0.1, -0.05) is 5.57 Å². The van der Waals surface area contributed by atoms with Gasteiger partial charge >= 0.3 is 0 Å². The minimum atomic E-state index is -0.693. The standard InChI is InChI=1S/C7H12OS2/c1-5(2)7-9-4-6(3)10(7)8/h6H,4H2,1-3H3/t6-,10?/m0/s1. The Balaban J connectivity index is 2.86. The number of thioether (sulfide) groups is 1. The number of allylic oxidation sites excluding steroid dienone is 1.